The molecule has 336 valence electrons. The quantitative estimate of drug-likeness (QED) is 0.138. The summed E-state index contributed by atoms with van der Waals surface area (Å²) in [7, 11) is 0. The van der Waals surface area contributed by atoms with Crippen molar-refractivity contribution in [2.24, 2.45) is 0 Å². The number of aromatic nitrogens is 9. The molecule has 0 aliphatic heterocycles. The van der Waals surface area contributed by atoms with Gasteiger partial charge in [0.05, 0.1) is 17.1 Å². The first-order valence-corrected chi connectivity index (χ1v) is 23.0. The maximum Gasteiger partial charge on any atom is 0.349 e. The number of rotatable bonds is 9. The van der Waals surface area contributed by atoms with Crippen LogP contribution in [0.25, 0.3) is 66.9 Å². The summed E-state index contributed by atoms with van der Waals surface area (Å²) in [5.74, 6) is 0. The minimum absolute atomic E-state index is 0.286. The van der Waals surface area contributed by atoms with Crippen molar-refractivity contribution >= 4 is 67.9 Å². The Hall–Kier alpha value is -6.60. The van der Waals surface area contributed by atoms with Crippen LogP contribution in [0.3, 0.4) is 0 Å². The van der Waals surface area contributed by atoms with Crippen LogP contribution in [0.15, 0.2) is 124 Å². The fourth-order valence-corrected chi connectivity index (χ4v) is 8.14. The van der Waals surface area contributed by atoms with Crippen LogP contribution >= 0.6 is 34.8 Å². The number of hydrogen-bond donors (Lipinski definition) is 0. The van der Waals surface area contributed by atoms with Crippen molar-refractivity contribution in [3.8, 4) is 33.8 Å². The van der Waals surface area contributed by atoms with Crippen molar-refractivity contribution in [1.82, 2.24) is 43.6 Å². The second-order valence-corrected chi connectivity index (χ2v) is 16.4. The molecule has 6 aromatic heterocycles. The lowest BCUT2D eigenvalue weighted by Crippen LogP contribution is -2.24. The third-order valence-electron chi connectivity index (χ3n) is 11.0. The highest BCUT2D eigenvalue weighted by atomic mass is 35.5. The van der Waals surface area contributed by atoms with Gasteiger partial charge in [0.2, 0.25) is 0 Å². The fourth-order valence-electron chi connectivity index (χ4n) is 7.57. The molecular formula is C51H48Cl3N9O3. The highest BCUT2D eigenvalue weighted by Crippen LogP contribution is 2.30. The Morgan fingerprint density at radius 3 is 0.879 bits per heavy atom. The second-order valence-electron chi connectivity index (χ2n) is 15.1. The first-order chi connectivity index (χ1) is 31.9. The molecule has 0 aliphatic rings. The lowest BCUT2D eigenvalue weighted by molar-refractivity contribution is 0.721. The molecule has 15 heteroatoms. The maximum atomic E-state index is 12.3. The van der Waals surface area contributed by atoms with E-state index in [9.17, 15) is 14.4 Å². The van der Waals surface area contributed by atoms with E-state index in [1.54, 1.807) is 31.9 Å². The minimum atomic E-state index is -0.286. The van der Waals surface area contributed by atoms with Crippen LogP contribution in [-0.2, 0) is 38.9 Å². The van der Waals surface area contributed by atoms with E-state index in [1.807, 2.05) is 133 Å². The molecule has 0 fully saturated rings. The molecule has 6 heterocycles. The number of halogens is 3. The maximum absolute atomic E-state index is 12.3. The molecule has 3 aromatic carbocycles. The van der Waals surface area contributed by atoms with Crippen LogP contribution in [-0.4, -0.2) is 43.6 Å². The summed E-state index contributed by atoms with van der Waals surface area (Å²) < 4.78 is 4.80. The normalized spacial score (nSPS) is 11.0. The fraction of sp³-hybridized carbons (Fsp3) is 0.235. The van der Waals surface area contributed by atoms with E-state index in [1.165, 1.54) is 0 Å². The van der Waals surface area contributed by atoms with Crippen molar-refractivity contribution in [1.29, 1.82) is 0 Å². The molecule has 0 spiro atoms. The van der Waals surface area contributed by atoms with Gasteiger partial charge in [0.15, 0.2) is 0 Å². The molecule has 66 heavy (non-hydrogen) atoms. The summed E-state index contributed by atoms with van der Waals surface area (Å²) in [6, 6.07) is 34.0. The van der Waals surface area contributed by atoms with Crippen molar-refractivity contribution in [3.05, 3.63) is 173 Å². The number of hydrogen-bond acceptors (Lipinski definition) is 9. The van der Waals surface area contributed by atoms with Gasteiger partial charge in [0.1, 0.15) is 16.9 Å². The zero-order valence-corrected chi connectivity index (χ0v) is 39.8. The summed E-state index contributed by atoms with van der Waals surface area (Å²) in [4.78, 5) is 63.6. The van der Waals surface area contributed by atoms with Gasteiger partial charge in [-0.2, -0.15) is 15.0 Å². The van der Waals surface area contributed by atoms with Gasteiger partial charge < -0.3 is 0 Å². The lowest BCUT2D eigenvalue weighted by Gasteiger charge is -2.11. The van der Waals surface area contributed by atoms with E-state index in [4.69, 9.17) is 34.8 Å². The summed E-state index contributed by atoms with van der Waals surface area (Å²) in [5.41, 5.74) is 8.39. The summed E-state index contributed by atoms with van der Waals surface area (Å²) in [6.45, 7) is 13.5. The number of fused-ring (bicyclic) bond motifs is 3. The monoisotopic (exact) mass is 939 g/mol. The van der Waals surface area contributed by atoms with E-state index in [0.29, 0.717) is 68.7 Å². The van der Waals surface area contributed by atoms with Gasteiger partial charge in [0.25, 0.3) is 0 Å². The van der Waals surface area contributed by atoms with Crippen molar-refractivity contribution in [2.75, 3.05) is 0 Å². The number of pyridine rings is 3. The molecule has 0 aliphatic carbocycles. The van der Waals surface area contributed by atoms with Gasteiger partial charge in [-0.05, 0) is 113 Å². The first-order valence-electron chi connectivity index (χ1n) is 21.9. The molecule has 0 saturated carbocycles. The molecule has 0 amide bonds. The molecular weight excluding hydrogens is 893 g/mol. The Labute approximate surface area is 396 Å². The largest absolute Gasteiger partial charge is 0.349 e. The zero-order valence-electron chi connectivity index (χ0n) is 37.5. The van der Waals surface area contributed by atoms with Gasteiger partial charge in [0, 0.05) is 84.6 Å². The Balaban J connectivity index is 0.000000147. The molecule has 0 bridgehead atoms. The summed E-state index contributed by atoms with van der Waals surface area (Å²) in [6.07, 6.45) is 2.47. The van der Waals surface area contributed by atoms with E-state index < -0.39 is 0 Å². The molecule has 0 radical (unpaired) electrons. The molecule has 12 nitrogen and oxygen atoms in total. The predicted molar refractivity (Wildman–Crippen MR) is 268 cm³/mol. The van der Waals surface area contributed by atoms with Crippen LogP contribution in [0.5, 0.6) is 0 Å². The predicted octanol–water partition coefficient (Wildman–Crippen LogP) is 11.1. The Morgan fingerprint density at radius 1 is 0.379 bits per heavy atom. The highest BCUT2D eigenvalue weighted by molar-refractivity contribution is 6.31. The molecule has 0 unspecified atom stereocenters. The van der Waals surface area contributed by atoms with E-state index in [0.717, 1.165) is 69.2 Å². The van der Waals surface area contributed by atoms with Crippen LogP contribution in [0.4, 0.5) is 0 Å². The Morgan fingerprint density at radius 2 is 0.652 bits per heavy atom. The molecule has 9 aromatic rings. The smallest absolute Gasteiger partial charge is 0.276 e. The molecule has 0 N–H and O–H groups in total. The standard InChI is InChI=1S/3C17H16ClN3O/c3*1-3-13-8-9-14-15(11-6-5-7-12(18)10-11)20-17(22)21(4-2)16(14)19-13/h3*5-10H,3-4H2,1-2H3. The lowest BCUT2D eigenvalue weighted by atomic mass is 10.1. The van der Waals surface area contributed by atoms with Gasteiger partial charge in [-0.25, -0.2) is 29.3 Å². The topological polar surface area (TPSA) is 143 Å². The minimum Gasteiger partial charge on any atom is -0.276 e. The van der Waals surface area contributed by atoms with Crippen molar-refractivity contribution in [3.63, 3.8) is 0 Å². The average molecular weight is 941 g/mol. The van der Waals surface area contributed by atoms with Crippen LogP contribution in [0, 0.1) is 0 Å². The number of benzene rings is 3. The SMILES string of the molecule is CCc1ccc2c(-c3cccc(Cl)c3)nc(=O)n(CC)c2n1.CCc1ccc2c(-c3cccc(Cl)c3)nc(=O)n(CC)c2n1.CCc1ccc2c(-c3cccc(Cl)c3)nc(=O)n(CC)c2n1. The molecule has 9 rings (SSSR count). The molecule has 0 saturated heterocycles. The van der Waals surface area contributed by atoms with Gasteiger partial charge >= 0.3 is 17.1 Å². The Kier molecular flexibility index (Phi) is 15.2. The zero-order chi connectivity index (χ0) is 47.1. The molecule has 0 atom stereocenters. The van der Waals surface area contributed by atoms with Crippen molar-refractivity contribution < 1.29 is 0 Å². The summed E-state index contributed by atoms with van der Waals surface area (Å²) >= 11 is 18.2. The van der Waals surface area contributed by atoms with Gasteiger partial charge in [-0.1, -0.05) is 92.0 Å². The van der Waals surface area contributed by atoms with Crippen LogP contribution < -0.4 is 17.1 Å². The number of nitrogens with zero attached hydrogens (tertiary/aromatic N) is 9. The van der Waals surface area contributed by atoms with Crippen molar-refractivity contribution in [2.45, 2.75) is 80.4 Å². The van der Waals surface area contributed by atoms with E-state index in [2.05, 4.69) is 29.9 Å². The highest BCUT2D eigenvalue weighted by Gasteiger charge is 2.16. The summed E-state index contributed by atoms with van der Waals surface area (Å²) in [5, 5.41) is 4.43. The Bertz CT molecular complexity index is 3060. The van der Waals surface area contributed by atoms with Crippen LogP contribution in [0.1, 0.15) is 58.6 Å². The van der Waals surface area contributed by atoms with E-state index in [-0.39, 0.29) is 17.1 Å². The second kappa shape index (κ2) is 21.1. The average Bonchev–Trinajstić information content (AvgIpc) is 3.33. The van der Waals surface area contributed by atoms with Crippen LogP contribution in [0.2, 0.25) is 15.1 Å². The van der Waals surface area contributed by atoms with E-state index >= 15 is 0 Å². The third-order valence-corrected chi connectivity index (χ3v) is 11.7. The van der Waals surface area contributed by atoms with Gasteiger partial charge in [-0.15, -0.1) is 0 Å². The van der Waals surface area contributed by atoms with Gasteiger partial charge in [-0.3, -0.25) is 13.7 Å². The number of aryl methyl sites for hydroxylation is 6. The first kappa shape index (κ1) is 47.4. The third kappa shape index (κ3) is 10.1.